The Hall–Kier alpha value is -2.29. The third-order valence-electron chi connectivity index (χ3n) is 5.27. The van der Waals surface area contributed by atoms with Crippen molar-refractivity contribution in [2.75, 3.05) is 19.6 Å². The Balaban J connectivity index is 1.67. The molecule has 0 unspecified atom stereocenters. The van der Waals surface area contributed by atoms with Crippen LogP contribution in [0.3, 0.4) is 0 Å². The summed E-state index contributed by atoms with van der Waals surface area (Å²) in [5, 5.41) is 1.98. The van der Waals surface area contributed by atoms with Gasteiger partial charge in [0, 0.05) is 36.0 Å². The Bertz CT molecular complexity index is 1010. The molecule has 2 aromatic rings. The van der Waals surface area contributed by atoms with Crippen molar-refractivity contribution >= 4 is 33.1 Å². The van der Waals surface area contributed by atoms with E-state index >= 15 is 0 Å². The zero-order valence-electron chi connectivity index (χ0n) is 17.0. The number of benzene rings is 1. The van der Waals surface area contributed by atoms with Crippen molar-refractivity contribution in [1.82, 2.24) is 9.21 Å². The molecule has 0 spiro atoms. The molecule has 8 heteroatoms. The van der Waals surface area contributed by atoms with Crippen molar-refractivity contribution in [3.8, 4) is 0 Å². The summed E-state index contributed by atoms with van der Waals surface area (Å²) in [7, 11) is -3.70. The molecule has 160 valence electrons. The first-order valence-corrected chi connectivity index (χ1v) is 12.2. The van der Waals surface area contributed by atoms with Gasteiger partial charge >= 0.3 is 0 Å². The summed E-state index contributed by atoms with van der Waals surface area (Å²) >= 11 is 1.61. The fourth-order valence-corrected chi connectivity index (χ4v) is 5.84. The lowest BCUT2D eigenvalue weighted by molar-refractivity contribution is -0.136. The number of amides is 1. The maximum atomic E-state index is 13.0. The highest BCUT2D eigenvalue weighted by Crippen LogP contribution is 2.26. The second-order valence-corrected chi connectivity index (χ2v) is 10.3. The first-order chi connectivity index (χ1) is 14.3. The Morgan fingerprint density at radius 3 is 2.57 bits per heavy atom. The molecule has 1 saturated heterocycles. The minimum absolute atomic E-state index is 0.0407. The molecular formula is C22H26N2O4S2. The van der Waals surface area contributed by atoms with Gasteiger partial charge in [-0.2, -0.15) is 4.31 Å². The Kier molecular flexibility index (Phi) is 7.23. The fourth-order valence-electron chi connectivity index (χ4n) is 3.60. The second kappa shape index (κ2) is 9.68. The summed E-state index contributed by atoms with van der Waals surface area (Å²) in [6, 6.07) is 10.1. The lowest BCUT2D eigenvalue weighted by atomic mass is 9.96. The van der Waals surface area contributed by atoms with Gasteiger partial charge in [0.15, 0.2) is 5.78 Å². The molecule has 2 heterocycles. The highest BCUT2D eigenvalue weighted by molar-refractivity contribution is 7.89. The van der Waals surface area contributed by atoms with Crippen molar-refractivity contribution < 1.29 is 18.0 Å². The third-order valence-corrected chi connectivity index (χ3v) is 8.03. The number of carbonyl (C=O) groups is 2. The fraction of sp³-hybridized carbons (Fsp3) is 0.364. The maximum absolute atomic E-state index is 13.0. The van der Waals surface area contributed by atoms with Crippen LogP contribution in [0.2, 0.25) is 0 Å². The van der Waals surface area contributed by atoms with Gasteiger partial charge in [-0.15, -0.1) is 17.9 Å². The molecule has 0 aliphatic carbocycles. The van der Waals surface area contributed by atoms with E-state index in [9.17, 15) is 18.0 Å². The van der Waals surface area contributed by atoms with E-state index in [1.54, 1.807) is 34.4 Å². The zero-order chi connectivity index (χ0) is 21.7. The van der Waals surface area contributed by atoms with Crippen molar-refractivity contribution in [1.29, 1.82) is 0 Å². The van der Waals surface area contributed by atoms with Crippen LogP contribution in [0.1, 0.15) is 35.0 Å². The quantitative estimate of drug-likeness (QED) is 0.459. The summed E-state index contributed by atoms with van der Waals surface area (Å²) in [4.78, 5) is 27.6. The van der Waals surface area contributed by atoms with Gasteiger partial charge in [-0.05, 0) is 43.3 Å². The third kappa shape index (κ3) is 5.06. The summed E-state index contributed by atoms with van der Waals surface area (Å²) in [6.45, 7) is 6.73. The molecule has 1 fully saturated rings. The molecule has 6 nitrogen and oxygen atoms in total. The van der Waals surface area contributed by atoms with Crippen molar-refractivity contribution in [3.05, 3.63) is 64.9 Å². The number of thiophene rings is 1. The molecule has 0 saturated carbocycles. The molecule has 0 atom stereocenters. The van der Waals surface area contributed by atoms with E-state index in [-0.39, 0.29) is 35.6 Å². The number of ketones is 1. The molecule has 1 aliphatic rings. The van der Waals surface area contributed by atoms with Crippen molar-refractivity contribution in [2.24, 2.45) is 5.92 Å². The minimum atomic E-state index is -3.70. The van der Waals surface area contributed by atoms with Crippen LogP contribution in [-0.4, -0.2) is 48.9 Å². The van der Waals surface area contributed by atoms with Crippen LogP contribution in [0.4, 0.5) is 0 Å². The monoisotopic (exact) mass is 446 g/mol. The molecule has 1 aromatic heterocycles. The van der Waals surface area contributed by atoms with Crippen LogP contribution in [0.15, 0.2) is 59.3 Å². The van der Waals surface area contributed by atoms with E-state index in [4.69, 9.17) is 0 Å². The minimum Gasteiger partial charge on any atom is -0.334 e. The maximum Gasteiger partial charge on any atom is 0.243 e. The first kappa shape index (κ1) is 22.4. The molecular weight excluding hydrogens is 420 g/mol. The number of sulfonamides is 1. The Morgan fingerprint density at radius 1 is 1.23 bits per heavy atom. The molecule has 0 radical (unpaired) electrons. The van der Waals surface area contributed by atoms with E-state index in [0.29, 0.717) is 31.5 Å². The van der Waals surface area contributed by atoms with Gasteiger partial charge in [-0.25, -0.2) is 8.42 Å². The van der Waals surface area contributed by atoms with Crippen LogP contribution < -0.4 is 0 Å². The number of rotatable bonds is 8. The summed E-state index contributed by atoms with van der Waals surface area (Å²) < 4.78 is 27.4. The summed E-state index contributed by atoms with van der Waals surface area (Å²) in [6.07, 6.45) is 2.66. The van der Waals surface area contributed by atoms with Crippen LogP contribution in [0.25, 0.3) is 0 Å². The van der Waals surface area contributed by atoms with Crippen molar-refractivity contribution in [2.45, 2.75) is 31.2 Å². The van der Waals surface area contributed by atoms with E-state index in [0.717, 1.165) is 4.88 Å². The van der Waals surface area contributed by atoms with Gasteiger partial charge in [-0.3, -0.25) is 9.59 Å². The van der Waals surface area contributed by atoms with E-state index in [1.165, 1.54) is 23.4 Å². The highest BCUT2D eigenvalue weighted by Gasteiger charge is 2.33. The SMILES string of the molecule is C=CCN(Cc1cccs1)C(=O)C1CCN(S(=O)(=O)c2cccc(C(C)=O)c2)CC1. The largest absolute Gasteiger partial charge is 0.334 e. The van der Waals surface area contributed by atoms with Crippen molar-refractivity contribution in [3.63, 3.8) is 0 Å². The Labute approximate surface area is 181 Å². The first-order valence-electron chi connectivity index (χ1n) is 9.86. The van der Waals surface area contributed by atoms with Crippen LogP contribution in [-0.2, 0) is 21.4 Å². The van der Waals surface area contributed by atoms with Gasteiger partial charge in [0.05, 0.1) is 11.4 Å². The number of hydrogen-bond acceptors (Lipinski definition) is 5. The number of hydrogen-bond donors (Lipinski definition) is 0. The van der Waals surface area contributed by atoms with Gasteiger partial charge < -0.3 is 4.90 Å². The number of piperidine rings is 1. The summed E-state index contributed by atoms with van der Waals surface area (Å²) in [5.74, 6) is -0.344. The van der Waals surface area contributed by atoms with Gasteiger partial charge in [-0.1, -0.05) is 24.3 Å². The molecule has 0 N–H and O–H groups in total. The van der Waals surface area contributed by atoms with E-state index < -0.39 is 10.0 Å². The number of Topliss-reactive ketones (excluding diaryl/α,β-unsaturated/α-hetero) is 1. The normalized spacial score (nSPS) is 15.6. The lowest BCUT2D eigenvalue weighted by Gasteiger charge is -2.33. The van der Waals surface area contributed by atoms with Gasteiger partial charge in [0.25, 0.3) is 0 Å². The number of carbonyl (C=O) groups excluding carboxylic acids is 2. The lowest BCUT2D eigenvalue weighted by Crippen LogP contribution is -2.44. The van der Waals surface area contributed by atoms with E-state index in [1.807, 2.05) is 17.5 Å². The number of nitrogens with zero attached hydrogens (tertiary/aromatic N) is 2. The molecule has 1 amide bonds. The van der Waals surface area contributed by atoms with Gasteiger partial charge in [0.2, 0.25) is 15.9 Å². The molecule has 1 aromatic carbocycles. The smallest absolute Gasteiger partial charge is 0.243 e. The molecule has 30 heavy (non-hydrogen) atoms. The Morgan fingerprint density at radius 2 is 1.97 bits per heavy atom. The predicted octanol–water partition coefficient (Wildman–Crippen LogP) is 3.57. The van der Waals surface area contributed by atoms with E-state index in [2.05, 4.69) is 6.58 Å². The second-order valence-electron chi connectivity index (χ2n) is 7.35. The van der Waals surface area contributed by atoms with Crippen LogP contribution >= 0.6 is 11.3 Å². The molecule has 0 bridgehead atoms. The van der Waals surface area contributed by atoms with Crippen LogP contribution in [0, 0.1) is 5.92 Å². The predicted molar refractivity (Wildman–Crippen MR) is 118 cm³/mol. The average molecular weight is 447 g/mol. The molecule has 3 rings (SSSR count). The molecule has 1 aliphatic heterocycles. The standard InChI is InChI=1S/C22H26N2O4S2/c1-3-11-23(16-20-7-5-14-29-20)22(26)18-9-12-24(13-10-18)30(27,28)21-8-4-6-19(15-21)17(2)25/h3-8,14-15,18H,1,9-13,16H2,2H3. The summed E-state index contributed by atoms with van der Waals surface area (Å²) in [5.41, 5.74) is 0.370. The topological polar surface area (TPSA) is 74.8 Å². The highest BCUT2D eigenvalue weighted by atomic mass is 32.2. The zero-order valence-corrected chi connectivity index (χ0v) is 18.6. The van der Waals surface area contributed by atoms with Crippen LogP contribution in [0.5, 0.6) is 0 Å². The van der Waals surface area contributed by atoms with Gasteiger partial charge in [0.1, 0.15) is 0 Å². The average Bonchev–Trinajstić information content (AvgIpc) is 3.26.